The monoisotopic (exact) mass is 471 g/mol. The van der Waals surface area contributed by atoms with Gasteiger partial charge in [0.15, 0.2) is 0 Å². The van der Waals surface area contributed by atoms with Gasteiger partial charge in [0.1, 0.15) is 17.2 Å². The lowest BCUT2D eigenvalue weighted by Gasteiger charge is -2.08. The fourth-order valence-electron chi connectivity index (χ4n) is 3.10. The van der Waals surface area contributed by atoms with E-state index in [4.69, 9.17) is 0 Å². The van der Waals surface area contributed by atoms with Crippen LogP contribution in [0.4, 0.5) is 10.1 Å². The standard InChI is InChI=1S/C21H15BrFN3O2S/c1-12-18(13-2-6-15(23)7-3-13)19-20(29-12)24-11-26(21(19)28)10-17(27)25-16-8-4-14(22)5-9-16/h2-9,11H,10H2,1H3,(H,25,27). The Morgan fingerprint density at radius 3 is 2.55 bits per heavy atom. The van der Waals surface area contributed by atoms with Crippen molar-refractivity contribution in [3.05, 3.63) is 80.4 Å². The first-order valence-electron chi connectivity index (χ1n) is 8.72. The Balaban J connectivity index is 1.69. The van der Waals surface area contributed by atoms with Gasteiger partial charge in [-0.3, -0.25) is 14.2 Å². The zero-order chi connectivity index (χ0) is 20.5. The lowest BCUT2D eigenvalue weighted by atomic mass is 10.0. The van der Waals surface area contributed by atoms with Gasteiger partial charge in [0.05, 0.1) is 11.7 Å². The Bertz CT molecular complexity index is 1260. The average Bonchev–Trinajstić information content (AvgIpc) is 3.03. The molecule has 1 amide bonds. The van der Waals surface area contributed by atoms with Crippen LogP contribution in [0.1, 0.15) is 4.88 Å². The van der Waals surface area contributed by atoms with E-state index in [1.807, 2.05) is 19.1 Å². The molecule has 2 aromatic heterocycles. The summed E-state index contributed by atoms with van der Waals surface area (Å²) in [4.78, 5) is 31.4. The van der Waals surface area contributed by atoms with E-state index >= 15 is 0 Å². The summed E-state index contributed by atoms with van der Waals surface area (Å²) in [5.41, 5.74) is 1.81. The summed E-state index contributed by atoms with van der Waals surface area (Å²) in [7, 11) is 0. The van der Waals surface area contributed by atoms with Crippen molar-refractivity contribution in [1.82, 2.24) is 9.55 Å². The van der Waals surface area contributed by atoms with Gasteiger partial charge in [0, 0.05) is 20.6 Å². The number of carbonyl (C=O) groups excluding carboxylic acids is 1. The molecule has 1 N–H and O–H groups in total. The molecule has 0 unspecified atom stereocenters. The van der Waals surface area contributed by atoms with Gasteiger partial charge >= 0.3 is 0 Å². The SMILES string of the molecule is Cc1sc2ncn(CC(=O)Nc3ccc(Br)cc3)c(=O)c2c1-c1ccc(F)cc1. The third-order valence-electron chi connectivity index (χ3n) is 4.43. The van der Waals surface area contributed by atoms with Crippen LogP contribution in [0.15, 0.2) is 64.1 Å². The molecule has 0 radical (unpaired) electrons. The second kappa shape index (κ2) is 7.88. The number of amides is 1. The van der Waals surface area contributed by atoms with Crippen LogP contribution in [0.3, 0.4) is 0 Å². The van der Waals surface area contributed by atoms with Crippen molar-refractivity contribution in [2.75, 3.05) is 5.32 Å². The number of nitrogens with one attached hydrogen (secondary N) is 1. The zero-order valence-electron chi connectivity index (χ0n) is 15.3. The van der Waals surface area contributed by atoms with Crippen LogP contribution in [0.5, 0.6) is 0 Å². The minimum absolute atomic E-state index is 0.157. The number of aromatic nitrogens is 2. The predicted molar refractivity (Wildman–Crippen MR) is 117 cm³/mol. The second-order valence-electron chi connectivity index (χ2n) is 6.45. The van der Waals surface area contributed by atoms with E-state index in [0.717, 1.165) is 20.5 Å². The van der Waals surface area contributed by atoms with E-state index in [-0.39, 0.29) is 23.8 Å². The number of aryl methyl sites for hydroxylation is 1. The van der Waals surface area contributed by atoms with E-state index in [0.29, 0.717) is 15.9 Å². The van der Waals surface area contributed by atoms with E-state index in [9.17, 15) is 14.0 Å². The molecule has 0 aliphatic rings. The van der Waals surface area contributed by atoms with Crippen molar-refractivity contribution in [1.29, 1.82) is 0 Å². The number of rotatable bonds is 4. The smallest absolute Gasteiger partial charge is 0.263 e. The summed E-state index contributed by atoms with van der Waals surface area (Å²) in [5.74, 6) is -0.669. The lowest BCUT2D eigenvalue weighted by Crippen LogP contribution is -2.27. The molecule has 0 fully saturated rings. The molecule has 29 heavy (non-hydrogen) atoms. The summed E-state index contributed by atoms with van der Waals surface area (Å²) in [6.07, 6.45) is 1.39. The molecule has 0 aliphatic heterocycles. The molecule has 0 saturated heterocycles. The van der Waals surface area contributed by atoms with Gasteiger partial charge in [-0.15, -0.1) is 11.3 Å². The van der Waals surface area contributed by atoms with E-state index < -0.39 is 0 Å². The molecule has 5 nitrogen and oxygen atoms in total. The molecule has 8 heteroatoms. The van der Waals surface area contributed by atoms with Gasteiger partial charge in [-0.25, -0.2) is 9.37 Å². The Labute approximate surface area is 178 Å². The Morgan fingerprint density at radius 2 is 1.86 bits per heavy atom. The second-order valence-corrected chi connectivity index (χ2v) is 8.57. The molecule has 0 atom stereocenters. The van der Waals surface area contributed by atoms with Crippen LogP contribution in [-0.2, 0) is 11.3 Å². The topological polar surface area (TPSA) is 64.0 Å². The summed E-state index contributed by atoms with van der Waals surface area (Å²) in [6, 6.07) is 13.2. The fraction of sp³-hybridized carbons (Fsp3) is 0.0952. The maximum Gasteiger partial charge on any atom is 0.263 e. The van der Waals surface area contributed by atoms with E-state index in [1.54, 1.807) is 24.3 Å². The van der Waals surface area contributed by atoms with Gasteiger partial charge < -0.3 is 5.32 Å². The van der Waals surface area contributed by atoms with Crippen molar-refractivity contribution < 1.29 is 9.18 Å². The predicted octanol–water partition coefficient (Wildman–Crippen LogP) is 4.97. The fourth-order valence-corrected chi connectivity index (χ4v) is 4.37. The van der Waals surface area contributed by atoms with Crippen LogP contribution in [-0.4, -0.2) is 15.5 Å². The lowest BCUT2D eigenvalue weighted by molar-refractivity contribution is -0.116. The number of carbonyl (C=O) groups is 1. The third-order valence-corrected chi connectivity index (χ3v) is 5.97. The van der Waals surface area contributed by atoms with Crippen LogP contribution in [0.25, 0.3) is 21.3 Å². The first-order chi connectivity index (χ1) is 13.9. The molecule has 2 heterocycles. The van der Waals surface area contributed by atoms with E-state index in [2.05, 4.69) is 26.2 Å². The third kappa shape index (κ3) is 3.99. The molecular formula is C21H15BrFN3O2S. The maximum absolute atomic E-state index is 13.3. The number of nitrogens with zero attached hydrogens (tertiary/aromatic N) is 2. The summed E-state index contributed by atoms with van der Waals surface area (Å²) in [5, 5.41) is 3.21. The molecule has 0 bridgehead atoms. The Hall–Kier alpha value is -2.84. The van der Waals surface area contributed by atoms with E-state index in [1.165, 1.54) is 34.4 Å². The van der Waals surface area contributed by atoms with Crippen LogP contribution in [0.2, 0.25) is 0 Å². The molecule has 146 valence electrons. The molecule has 4 rings (SSSR count). The number of fused-ring (bicyclic) bond motifs is 1. The Morgan fingerprint density at radius 1 is 1.17 bits per heavy atom. The van der Waals surface area contributed by atoms with Crippen molar-refractivity contribution in [2.24, 2.45) is 0 Å². The highest BCUT2D eigenvalue weighted by Crippen LogP contribution is 2.35. The largest absolute Gasteiger partial charge is 0.325 e. The minimum Gasteiger partial charge on any atom is -0.325 e. The highest BCUT2D eigenvalue weighted by Gasteiger charge is 2.18. The van der Waals surface area contributed by atoms with Gasteiger partial charge in [-0.05, 0) is 48.9 Å². The molecule has 2 aromatic carbocycles. The van der Waals surface area contributed by atoms with Gasteiger partial charge in [-0.1, -0.05) is 28.1 Å². The molecular weight excluding hydrogens is 457 g/mol. The number of benzene rings is 2. The van der Waals surface area contributed by atoms with Crippen molar-refractivity contribution in [3.8, 4) is 11.1 Å². The first kappa shape index (κ1) is 19.5. The van der Waals surface area contributed by atoms with Crippen LogP contribution in [0, 0.1) is 12.7 Å². The van der Waals surface area contributed by atoms with Crippen LogP contribution >= 0.6 is 27.3 Å². The van der Waals surface area contributed by atoms with Gasteiger partial charge in [0.25, 0.3) is 5.56 Å². The van der Waals surface area contributed by atoms with Crippen molar-refractivity contribution in [2.45, 2.75) is 13.5 Å². The van der Waals surface area contributed by atoms with Crippen molar-refractivity contribution >= 4 is 49.1 Å². The zero-order valence-corrected chi connectivity index (χ0v) is 17.7. The highest BCUT2D eigenvalue weighted by atomic mass is 79.9. The van der Waals surface area contributed by atoms with Crippen LogP contribution < -0.4 is 10.9 Å². The summed E-state index contributed by atoms with van der Waals surface area (Å²) in [6.45, 7) is 1.74. The molecule has 0 spiro atoms. The Kier molecular flexibility index (Phi) is 5.29. The summed E-state index contributed by atoms with van der Waals surface area (Å²) < 4.78 is 15.5. The summed E-state index contributed by atoms with van der Waals surface area (Å²) >= 11 is 4.74. The van der Waals surface area contributed by atoms with Gasteiger partial charge in [0.2, 0.25) is 5.91 Å². The number of hydrogen-bond acceptors (Lipinski definition) is 4. The molecule has 0 saturated carbocycles. The van der Waals surface area contributed by atoms with Gasteiger partial charge in [-0.2, -0.15) is 0 Å². The number of anilines is 1. The number of halogens is 2. The maximum atomic E-state index is 13.3. The molecule has 0 aliphatic carbocycles. The number of hydrogen-bond donors (Lipinski definition) is 1. The van der Waals surface area contributed by atoms with Crippen molar-refractivity contribution in [3.63, 3.8) is 0 Å². The molecule has 4 aromatic rings. The minimum atomic E-state index is -0.342. The highest BCUT2D eigenvalue weighted by molar-refractivity contribution is 9.10. The quantitative estimate of drug-likeness (QED) is 0.456. The number of thiophene rings is 1. The average molecular weight is 472 g/mol. The normalized spacial score (nSPS) is 11.0. The first-order valence-corrected chi connectivity index (χ1v) is 10.3.